The van der Waals surface area contributed by atoms with Gasteiger partial charge in [0.1, 0.15) is 11.5 Å². The third-order valence-corrected chi connectivity index (χ3v) is 7.01. The van der Waals surface area contributed by atoms with Gasteiger partial charge in [0.05, 0.1) is 41.7 Å². The normalized spacial score (nSPS) is 9.26. The molecule has 0 aliphatic heterocycles. The highest BCUT2D eigenvalue weighted by Crippen LogP contribution is 2.32. The molecule has 6 aromatic carbocycles. The van der Waals surface area contributed by atoms with Crippen molar-refractivity contribution in [1.29, 1.82) is 0 Å². The van der Waals surface area contributed by atoms with E-state index in [0.29, 0.717) is 16.0 Å². The maximum Gasteiger partial charge on any atom is 0.261 e. The summed E-state index contributed by atoms with van der Waals surface area (Å²) in [5.41, 5.74) is 1.81. The molecule has 0 bridgehead atoms. The third-order valence-electron chi connectivity index (χ3n) is 5.89. The van der Waals surface area contributed by atoms with Gasteiger partial charge in [0.15, 0.2) is 0 Å². The Balaban J connectivity index is -0.000000225. The maximum atomic E-state index is 9.68. The molecule has 0 aromatic heterocycles. The lowest BCUT2D eigenvalue weighted by atomic mass is 10.1. The van der Waals surface area contributed by atoms with Gasteiger partial charge < -0.3 is 10.2 Å². The van der Waals surface area contributed by atoms with Crippen molar-refractivity contribution in [1.82, 2.24) is 0 Å². The Kier molecular flexibility index (Phi) is 53.1. The Hall–Kier alpha value is -4.99. The number of hydrogen-bond acceptors (Lipinski definition) is 16. The van der Waals surface area contributed by atoms with E-state index in [1.807, 2.05) is 204 Å². The highest BCUT2D eigenvalue weighted by Gasteiger charge is 2.05. The van der Waals surface area contributed by atoms with Crippen LogP contribution in [0, 0.1) is 0 Å². The molecule has 0 amide bonds. The summed E-state index contributed by atoms with van der Waals surface area (Å²) < 4.78 is 34.4. The molecule has 0 atom stereocenters. The number of azo groups is 2. The number of benzene rings is 6. The van der Waals surface area contributed by atoms with E-state index in [9.17, 15) is 18.6 Å². The first-order chi connectivity index (χ1) is 31.5. The molecule has 0 saturated heterocycles. The van der Waals surface area contributed by atoms with Crippen LogP contribution in [0.3, 0.4) is 0 Å². The molecule has 0 spiro atoms. The predicted molar refractivity (Wildman–Crippen MR) is 272 cm³/mol. The number of aromatic hydroxyl groups is 2. The van der Waals surface area contributed by atoms with Crippen molar-refractivity contribution in [3.8, 4) is 11.5 Å². The van der Waals surface area contributed by atoms with E-state index < -0.39 is 10.1 Å². The zero-order valence-corrected chi connectivity index (χ0v) is 42.9. The van der Waals surface area contributed by atoms with Crippen LogP contribution in [0.15, 0.2) is 164 Å². The highest BCUT2D eigenvalue weighted by molar-refractivity contribution is 7.94. The van der Waals surface area contributed by atoms with E-state index in [1.165, 1.54) is 12.1 Å². The third kappa shape index (κ3) is 38.0. The first kappa shape index (κ1) is 69.1. The van der Waals surface area contributed by atoms with Crippen LogP contribution in [0.1, 0.15) is 83.1 Å². The first-order valence-corrected chi connectivity index (χ1v) is 24.2. The Bertz CT molecular complexity index is 1970. The fraction of sp³-hybridized carbons (Fsp3) is 0.319. The molecular formula is C47H72N4O11S3. The number of phenolic OH excluding ortho intramolecular Hbond substituents is 2. The Morgan fingerprint density at radius 3 is 0.985 bits per heavy atom. The molecule has 18 heteroatoms. The van der Waals surface area contributed by atoms with Gasteiger partial charge >= 0.3 is 0 Å². The standard InChI is InChI=1S/2C10H8O4S.2C7H8N2.6C2H6.CH4O3S/c2*11-10-6-8(15-14-13-12)5-7-3-1-2-4-9(7)10;2*1-8-9-7-5-3-2-4-6-7;6*1-2;1-5(2,3)4/h2*1-6,11-12H;2*2-6H,1H3;6*1-2H3;1H3,(H,2,3,4). The molecule has 65 heavy (non-hydrogen) atoms. The molecule has 0 aliphatic rings. The second-order valence-corrected chi connectivity index (χ2v) is 12.8. The van der Waals surface area contributed by atoms with Gasteiger partial charge in [0.25, 0.3) is 10.1 Å². The molecule has 0 heterocycles. The highest BCUT2D eigenvalue weighted by atomic mass is 32.2. The van der Waals surface area contributed by atoms with Gasteiger partial charge in [-0.25, -0.2) is 10.5 Å². The van der Waals surface area contributed by atoms with E-state index in [1.54, 1.807) is 14.1 Å². The fourth-order valence-corrected chi connectivity index (χ4v) is 4.84. The maximum absolute atomic E-state index is 9.68. The van der Waals surface area contributed by atoms with Crippen molar-refractivity contribution in [2.75, 3.05) is 20.4 Å². The van der Waals surface area contributed by atoms with E-state index in [2.05, 4.69) is 39.2 Å². The number of hydrogen-bond donors (Lipinski definition) is 5. The van der Waals surface area contributed by atoms with Gasteiger partial charge in [0.2, 0.25) is 0 Å². The lowest BCUT2D eigenvalue weighted by Gasteiger charge is -2.03. The Labute approximate surface area is 396 Å². The summed E-state index contributed by atoms with van der Waals surface area (Å²) in [5.74, 6) is 0.328. The van der Waals surface area contributed by atoms with Crippen molar-refractivity contribution in [2.24, 2.45) is 20.5 Å². The van der Waals surface area contributed by atoms with Gasteiger partial charge in [-0.3, -0.25) is 4.55 Å². The zero-order chi connectivity index (χ0) is 50.9. The summed E-state index contributed by atoms with van der Waals surface area (Å²) in [6.07, 6.45) is 0.715. The topological polar surface area (TPSA) is 222 Å². The van der Waals surface area contributed by atoms with E-state index in [4.69, 9.17) is 15.1 Å². The van der Waals surface area contributed by atoms with E-state index >= 15 is 0 Å². The van der Waals surface area contributed by atoms with Crippen LogP contribution in [-0.4, -0.2) is 54.0 Å². The van der Waals surface area contributed by atoms with Crippen molar-refractivity contribution >= 4 is 67.1 Å². The first-order valence-electron chi connectivity index (χ1n) is 20.8. The molecule has 6 aromatic rings. The van der Waals surface area contributed by atoms with Crippen molar-refractivity contribution in [2.45, 2.75) is 92.9 Å². The molecular weight excluding hydrogens is 893 g/mol. The molecule has 6 rings (SSSR count). The minimum absolute atomic E-state index is 0.164. The molecule has 0 aliphatic carbocycles. The van der Waals surface area contributed by atoms with Crippen LogP contribution in [-0.2, 0) is 28.9 Å². The minimum Gasteiger partial charge on any atom is -0.507 e. The SMILES string of the molecule is CC.CC.CC.CC.CC.CC.CN=Nc1ccccc1.CN=Nc1ccccc1.CS(=O)(=O)O.OOOSc1cc(O)c2ccccc2c1.OOOSc1cc(O)c2ccccc2c1. The summed E-state index contributed by atoms with van der Waals surface area (Å²) in [5, 5.41) is 60.6. The Morgan fingerprint density at radius 1 is 0.462 bits per heavy atom. The smallest absolute Gasteiger partial charge is 0.261 e. The second kappa shape index (κ2) is 50.0. The minimum atomic E-state index is -3.67. The zero-order valence-electron chi connectivity index (χ0n) is 40.4. The van der Waals surface area contributed by atoms with Crippen LogP contribution in [0.5, 0.6) is 11.5 Å². The molecule has 5 N–H and O–H groups in total. The average Bonchev–Trinajstić information content (AvgIpc) is 3.35. The molecule has 364 valence electrons. The van der Waals surface area contributed by atoms with Crippen molar-refractivity contribution < 1.29 is 52.4 Å². The summed E-state index contributed by atoms with van der Waals surface area (Å²) in [7, 11) is -0.347. The van der Waals surface area contributed by atoms with Crippen LogP contribution in [0.25, 0.3) is 21.5 Å². The van der Waals surface area contributed by atoms with E-state index in [0.717, 1.165) is 57.0 Å². The molecule has 0 fully saturated rings. The van der Waals surface area contributed by atoms with Crippen LogP contribution >= 0.6 is 24.1 Å². The van der Waals surface area contributed by atoms with Crippen molar-refractivity contribution in [3.63, 3.8) is 0 Å². The lowest BCUT2D eigenvalue weighted by Crippen LogP contribution is -1.88. The van der Waals surface area contributed by atoms with Gasteiger partial charge in [-0.15, -0.1) is 8.67 Å². The largest absolute Gasteiger partial charge is 0.507 e. The monoisotopic (exact) mass is 964 g/mol. The molecule has 0 unspecified atom stereocenters. The number of rotatable bonds is 8. The summed E-state index contributed by atoms with van der Waals surface area (Å²) in [4.78, 5) is 1.28. The van der Waals surface area contributed by atoms with Gasteiger partial charge in [0, 0.05) is 34.7 Å². The van der Waals surface area contributed by atoms with Gasteiger partial charge in [-0.1, -0.05) is 178 Å². The summed E-state index contributed by atoms with van der Waals surface area (Å²) >= 11 is 1.63. The van der Waals surface area contributed by atoms with Gasteiger partial charge in [-0.2, -0.15) is 28.9 Å². The second-order valence-electron chi connectivity index (χ2n) is 9.78. The van der Waals surface area contributed by atoms with Crippen LogP contribution in [0.2, 0.25) is 0 Å². The fourth-order valence-electron chi connectivity index (χ4n) is 3.95. The van der Waals surface area contributed by atoms with E-state index in [-0.39, 0.29) is 11.5 Å². The number of phenols is 2. The van der Waals surface area contributed by atoms with Crippen molar-refractivity contribution in [3.05, 3.63) is 133 Å². The number of nitrogens with zero attached hydrogens (tertiary/aromatic N) is 4. The average molecular weight is 965 g/mol. The predicted octanol–water partition coefficient (Wildman–Crippen LogP) is 16.4. The van der Waals surface area contributed by atoms with Gasteiger partial charge in [-0.05, 0) is 59.3 Å². The quantitative estimate of drug-likeness (QED) is 0.0315. The summed E-state index contributed by atoms with van der Waals surface area (Å²) in [6.45, 7) is 24.0. The van der Waals surface area contributed by atoms with Crippen LogP contribution < -0.4 is 0 Å². The lowest BCUT2D eigenvalue weighted by molar-refractivity contribution is -0.432. The molecule has 0 radical (unpaired) electrons. The summed E-state index contributed by atoms with van der Waals surface area (Å²) in [6, 6.07) is 40.8. The Morgan fingerprint density at radius 2 is 0.723 bits per heavy atom. The molecule has 0 saturated carbocycles. The van der Waals surface area contributed by atoms with Crippen LogP contribution in [0.4, 0.5) is 11.4 Å². The number of fused-ring (bicyclic) bond motifs is 2. The molecule has 15 nitrogen and oxygen atoms in total.